The Morgan fingerprint density at radius 3 is 2.68 bits per heavy atom. The van der Waals surface area contributed by atoms with Crippen LogP contribution in [0.4, 0.5) is 0 Å². The van der Waals surface area contributed by atoms with Gasteiger partial charge in [-0.3, -0.25) is 9.59 Å². The Kier molecular flexibility index (Phi) is 4.79. The van der Waals surface area contributed by atoms with Crippen LogP contribution in [0.2, 0.25) is 0 Å². The van der Waals surface area contributed by atoms with Crippen LogP contribution in [0.3, 0.4) is 0 Å². The van der Waals surface area contributed by atoms with E-state index in [-0.39, 0.29) is 23.6 Å². The average Bonchev–Trinajstić information content (AvgIpc) is 2.69. The van der Waals surface area contributed by atoms with Crippen molar-refractivity contribution in [2.75, 3.05) is 0 Å². The van der Waals surface area contributed by atoms with Crippen LogP contribution in [0.15, 0.2) is 0 Å². The number of rotatable bonds is 7. The number of hydrogen-bond donors (Lipinski definition) is 2. The molecule has 0 aliphatic carbocycles. The fraction of sp³-hybridized carbons (Fsp3) is 0.714. The molecule has 0 saturated carbocycles. The lowest BCUT2D eigenvalue weighted by atomic mass is 9.96. The van der Waals surface area contributed by atoms with Crippen LogP contribution >= 0.6 is 11.8 Å². The average molecular weight is 328 g/mol. The topological polar surface area (TPSA) is 104 Å². The summed E-state index contributed by atoms with van der Waals surface area (Å²) in [7, 11) is 0. The minimum absolute atomic E-state index is 0.235. The molecular formula is C14H20N2O5S. The molecule has 122 valence electrons. The predicted octanol–water partition coefficient (Wildman–Crippen LogP) is 0.377. The third kappa shape index (κ3) is 2.97. The Labute approximate surface area is 132 Å². The molecule has 2 aliphatic heterocycles. The number of nitrogens with zero attached hydrogens (tertiary/aromatic N) is 1. The van der Waals surface area contributed by atoms with Crippen LogP contribution in [-0.2, 0) is 19.2 Å². The van der Waals surface area contributed by atoms with Crippen molar-refractivity contribution in [3.63, 3.8) is 0 Å². The Morgan fingerprint density at radius 1 is 1.41 bits per heavy atom. The first-order valence-electron chi connectivity index (χ1n) is 7.25. The van der Waals surface area contributed by atoms with Crippen molar-refractivity contribution in [2.45, 2.75) is 61.7 Å². The molecule has 22 heavy (non-hydrogen) atoms. The highest BCUT2D eigenvalue weighted by Crippen LogP contribution is 2.50. The summed E-state index contributed by atoms with van der Waals surface area (Å²) < 4.78 is -0.588. The number of carbonyl (C=O) groups is 4. The summed E-state index contributed by atoms with van der Waals surface area (Å²) >= 11 is 1.40. The summed E-state index contributed by atoms with van der Waals surface area (Å²) in [5.41, 5.74) is 0. The van der Waals surface area contributed by atoms with Gasteiger partial charge < -0.3 is 20.1 Å². The number of β-lactam (4-membered cyclic amide) rings is 1. The zero-order valence-corrected chi connectivity index (χ0v) is 13.4. The van der Waals surface area contributed by atoms with Gasteiger partial charge in [0.1, 0.15) is 23.7 Å². The molecule has 3 atom stereocenters. The standard InChI is InChI=1S/C14H20N2O5S/c1-14(2)10(13(20)21)16-11(19)9(12(16)22-14)15-8(18)6-4-3-5-7-17/h7,9-10,12H,3-6H2,1-2H3,(H,15,18)(H,20,21). The molecule has 2 amide bonds. The number of carboxylic acids is 1. The van der Waals surface area contributed by atoms with Gasteiger partial charge in [-0.15, -0.1) is 11.8 Å². The number of amides is 2. The zero-order chi connectivity index (χ0) is 16.5. The van der Waals surface area contributed by atoms with Crippen LogP contribution in [0, 0.1) is 0 Å². The van der Waals surface area contributed by atoms with Gasteiger partial charge in [0, 0.05) is 17.6 Å². The number of aliphatic carboxylic acids is 1. The number of hydrogen-bond acceptors (Lipinski definition) is 5. The maximum absolute atomic E-state index is 12.1. The SMILES string of the molecule is CC1(C)SC2C(NC(=O)CCCCC=O)C(=O)N2C1C(=O)O. The molecule has 2 saturated heterocycles. The van der Waals surface area contributed by atoms with Gasteiger partial charge in [-0.1, -0.05) is 0 Å². The molecule has 0 radical (unpaired) electrons. The second-order valence-corrected chi connectivity index (χ2v) is 7.83. The summed E-state index contributed by atoms with van der Waals surface area (Å²) in [6.07, 6.45) is 2.75. The first-order chi connectivity index (χ1) is 10.3. The highest BCUT2D eigenvalue weighted by Gasteiger charge is 2.64. The van der Waals surface area contributed by atoms with Gasteiger partial charge in [0.05, 0.1) is 0 Å². The number of carboxylic acid groups (broad SMARTS) is 1. The van der Waals surface area contributed by atoms with Gasteiger partial charge >= 0.3 is 5.97 Å². The van der Waals surface area contributed by atoms with E-state index in [1.165, 1.54) is 16.7 Å². The van der Waals surface area contributed by atoms with Gasteiger partial charge in [-0.05, 0) is 26.7 Å². The lowest BCUT2D eigenvalue weighted by molar-refractivity contribution is -0.161. The molecule has 2 fully saturated rings. The molecular weight excluding hydrogens is 308 g/mol. The summed E-state index contributed by atoms with van der Waals surface area (Å²) in [4.78, 5) is 46.9. The largest absolute Gasteiger partial charge is 0.480 e. The number of unbranched alkanes of at least 4 members (excludes halogenated alkanes) is 2. The van der Waals surface area contributed by atoms with E-state index in [2.05, 4.69) is 5.32 Å². The van der Waals surface area contributed by atoms with Crippen molar-refractivity contribution in [3.8, 4) is 0 Å². The van der Waals surface area contributed by atoms with Gasteiger partial charge in [0.15, 0.2) is 0 Å². The maximum Gasteiger partial charge on any atom is 0.327 e. The van der Waals surface area contributed by atoms with E-state index >= 15 is 0 Å². The number of thioether (sulfide) groups is 1. The van der Waals surface area contributed by atoms with E-state index in [1.807, 2.05) is 0 Å². The van der Waals surface area contributed by atoms with Gasteiger partial charge in [-0.2, -0.15) is 0 Å². The first kappa shape index (κ1) is 16.8. The Morgan fingerprint density at radius 2 is 2.09 bits per heavy atom. The van der Waals surface area contributed by atoms with E-state index in [0.717, 1.165) is 6.29 Å². The number of carbonyl (C=O) groups excluding carboxylic acids is 3. The van der Waals surface area contributed by atoms with Crippen molar-refractivity contribution >= 4 is 35.8 Å². The van der Waals surface area contributed by atoms with E-state index in [4.69, 9.17) is 0 Å². The van der Waals surface area contributed by atoms with Crippen molar-refractivity contribution in [3.05, 3.63) is 0 Å². The van der Waals surface area contributed by atoms with Crippen LogP contribution in [-0.4, -0.2) is 56.3 Å². The summed E-state index contributed by atoms with van der Waals surface area (Å²) in [5, 5.41) is 11.7. The molecule has 0 bridgehead atoms. The molecule has 0 aromatic heterocycles. The highest BCUT2D eigenvalue weighted by molar-refractivity contribution is 8.01. The van der Waals surface area contributed by atoms with Crippen molar-refractivity contribution in [1.82, 2.24) is 10.2 Å². The Hall–Kier alpha value is -1.57. The third-order valence-corrected chi connectivity index (χ3v) is 5.54. The molecule has 7 nitrogen and oxygen atoms in total. The minimum Gasteiger partial charge on any atom is -0.480 e. The fourth-order valence-electron chi connectivity index (χ4n) is 2.90. The number of nitrogens with one attached hydrogen (secondary N) is 1. The molecule has 2 aliphatic rings. The van der Waals surface area contributed by atoms with Crippen LogP contribution < -0.4 is 5.32 Å². The third-order valence-electron chi connectivity index (χ3n) is 3.97. The fourth-order valence-corrected chi connectivity index (χ4v) is 4.53. The molecule has 2 N–H and O–H groups in total. The lowest BCUT2D eigenvalue weighted by Gasteiger charge is -2.43. The van der Waals surface area contributed by atoms with Gasteiger partial charge in [-0.25, -0.2) is 4.79 Å². The second kappa shape index (κ2) is 6.28. The smallest absolute Gasteiger partial charge is 0.327 e. The number of aldehydes is 1. The van der Waals surface area contributed by atoms with E-state index in [0.29, 0.717) is 19.3 Å². The van der Waals surface area contributed by atoms with Gasteiger partial charge in [0.2, 0.25) is 11.8 Å². The van der Waals surface area contributed by atoms with E-state index < -0.39 is 22.8 Å². The normalized spacial score (nSPS) is 28.7. The molecule has 0 aromatic rings. The Bertz CT molecular complexity index is 507. The van der Waals surface area contributed by atoms with Crippen molar-refractivity contribution in [1.29, 1.82) is 0 Å². The quantitative estimate of drug-likeness (QED) is 0.398. The summed E-state index contributed by atoms with van der Waals surface area (Å²) in [5.74, 6) is -1.59. The zero-order valence-electron chi connectivity index (χ0n) is 12.6. The predicted molar refractivity (Wildman–Crippen MR) is 80.2 cm³/mol. The molecule has 3 unspecified atom stereocenters. The highest BCUT2D eigenvalue weighted by atomic mass is 32.2. The molecule has 8 heteroatoms. The number of fused-ring (bicyclic) bond motifs is 1. The lowest BCUT2D eigenvalue weighted by Crippen LogP contribution is -2.70. The summed E-state index contributed by atoms with van der Waals surface area (Å²) in [6.45, 7) is 3.58. The first-order valence-corrected chi connectivity index (χ1v) is 8.13. The molecule has 0 spiro atoms. The van der Waals surface area contributed by atoms with Crippen LogP contribution in [0.1, 0.15) is 39.5 Å². The monoisotopic (exact) mass is 328 g/mol. The van der Waals surface area contributed by atoms with E-state index in [1.54, 1.807) is 13.8 Å². The maximum atomic E-state index is 12.1. The minimum atomic E-state index is -1.02. The van der Waals surface area contributed by atoms with Crippen LogP contribution in [0.5, 0.6) is 0 Å². The van der Waals surface area contributed by atoms with Crippen molar-refractivity contribution in [2.24, 2.45) is 0 Å². The summed E-state index contributed by atoms with van der Waals surface area (Å²) in [6, 6.07) is -1.51. The van der Waals surface area contributed by atoms with Gasteiger partial charge in [0.25, 0.3) is 0 Å². The molecule has 2 rings (SSSR count). The van der Waals surface area contributed by atoms with Crippen molar-refractivity contribution < 1.29 is 24.3 Å². The molecule has 0 aromatic carbocycles. The van der Waals surface area contributed by atoms with E-state index in [9.17, 15) is 24.3 Å². The second-order valence-electron chi connectivity index (χ2n) is 6.06. The molecule has 2 heterocycles. The Balaban J connectivity index is 1.91. The van der Waals surface area contributed by atoms with Crippen LogP contribution in [0.25, 0.3) is 0 Å².